The number of urea groups is 1. The molecule has 0 spiro atoms. The van der Waals surface area contributed by atoms with Crippen molar-refractivity contribution in [2.75, 3.05) is 10.6 Å². The molecule has 22 heavy (non-hydrogen) atoms. The van der Waals surface area contributed by atoms with Crippen LogP contribution in [0.3, 0.4) is 0 Å². The van der Waals surface area contributed by atoms with Gasteiger partial charge in [0.1, 0.15) is 0 Å². The topological polar surface area (TPSA) is 79.2 Å². The Bertz CT molecular complexity index is 816. The van der Waals surface area contributed by atoms with Gasteiger partial charge in [-0.15, -0.1) is 12.4 Å². The molecular formula is C15H15ClN4O2. The van der Waals surface area contributed by atoms with Crippen molar-refractivity contribution in [2.24, 2.45) is 7.05 Å². The van der Waals surface area contributed by atoms with E-state index in [1.807, 2.05) is 42.1 Å². The summed E-state index contributed by atoms with van der Waals surface area (Å²) in [6, 6.07) is 10.2. The fourth-order valence-corrected chi connectivity index (χ4v) is 2.12. The molecule has 0 aliphatic carbocycles. The molecule has 0 aliphatic heterocycles. The molecule has 3 rings (SSSR count). The first-order chi connectivity index (χ1) is 10.1. The Morgan fingerprint density at radius 1 is 1.23 bits per heavy atom. The second-order valence-corrected chi connectivity index (χ2v) is 4.65. The predicted molar refractivity (Wildman–Crippen MR) is 88.7 cm³/mol. The highest BCUT2D eigenvalue weighted by Crippen LogP contribution is 2.21. The maximum Gasteiger partial charge on any atom is 0.324 e. The maximum atomic E-state index is 11.9. The molecule has 2 amide bonds. The fraction of sp³-hybridized carbons (Fsp3) is 0.0667. The van der Waals surface area contributed by atoms with Crippen molar-refractivity contribution in [3.8, 4) is 5.75 Å². The fourth-order valence-electron chi connectivity index (χ4n) is 2.12. The van der Waals surface area contributed by atoms with Gasteiger partial charge in [0.25, 0.3) is 0 Å². The molecule has 2 aromatic heterocycles. The molecule has 0 bridgehead atoms. The SMILES string of the molecule is Cl.Cn1ccc2cc(NC(=O)Nc3ncccc3O)ccc21. The molecule has 1 aromatic carbocycles. The number of pyridine rings is 1. The average molecular weight is 319 g/mol. The van der Waals surface area contributed by atoms with Gasteiger partial charge in [-0.25, -0.2) is 9.78 Å². The van der Waals surface area contributed by atoms with E-state index >= 15 is 0 Å². The van der Waals surface area contributed by atoms with Crippen molar-refractivity contribution < 1.29 is 9.90 Å². The monoisotopic (exact) mass is 318 g/mol. The molecule has 0 atom stereocenters. The molecule has 0 aliphatic rings. The number of aromatic hydroxyl groups is 1. The van der Waals surface area contributed by atoms with E-state index in [2.05, 4.69) is 15.6 Å². The normalized spacial score (nSPS) is 10.0. The third kappa shape index (κ3) is 3.12. The van der Waals surface area contributed by atoms with Crippen LogP contribution in [-0.4, -0.2) is 20.7 Å². The van der Waals surface area contributed by atoms with Crippen molar-refractivity contribution in [2.45, 2.75) is 0 Å². The third-order valence-corrected chi connectivity index (χ3v) is 3.16. The molecule has 6 nitrogen and oxygen atoms in total. The highest BCUT2D eigenvalue weighted by atomic mass is 35.5. The smallest absolute Gasteiger partial charge is 0.324 e. The molecule has 0 saturated carbocycles. The van der Waals surface area contributed by atoms with E-state index in [-0.39, 0.29) is 24.0 Å². The predicted octanol–water partition coefficient (Wildman–Crippen LogP) is 3.34. The molecule has 2 heterocycles. The standard InChI is InChI=1S/C15H14N4O2.ClH/c1-19-8-6-10-9-11(4-5-12(10)19)17-15(21)18-14-13(20)3-2-7-16-14;/h2-9,20H,1H3,(H2,16,17,18,21);1H. The van der Waals surface area contributed by atoms with Gasteiger partial charge in [0.05, 0.1) is 0 Å². The lowest BCUT2D eigenvalue weighted by Crippen LogP contribution is -2.20. The second kappa shape index (κ2) is 6.36. The number of nitrogens with zero attached hydrogens (tertiary/aromatic N) is 2. The minimum Gasteiger partial charge on any atom is -0.504 e. The van der Waals surface area contributed by atoms with Gasteiger partial charge in [-0.3, -0.25) is 5.32 Å². The van der Waals surface area contributed by atoms with Gasteiger partial charge in [-0.05, 0) is 36.4 Å². The number of halogens is 1. The van der Waals surface area contributed by atoms with Crippen LogP contribution in [0.2, 0.25) is 0 Å². The zero-order valence-corrected chi connectivity index (χ0v) is 12.6. The van der Waals surface area contributed by atoms with Crippen LogP contribution in [0.25, 0.3) is 10.9 Å². The van der Waals surface area contributed by atoms with Crippen LogP contribution >= 0.6 is 12.4 Å². The number of nitrogens with one attached hydrogen (secondary N) is 2. The lowest BCUT2D eigenvalue weighted by molar-refractivity contribution is 0.262. The number of aryl methyl sites for hydroxylation is 1. The van der Waals surface area contributed by atoms with Crippen molar-refractivity contribution in [3.05, 3.63) is 48.8 Å². The van der Waals surface area contributed by atoms with E-state index in [4.69, 9.17) is 0 Å². The number of fused-ring (bicyclic) bond motifs is 1. The number of carbonyl (C=O) groups excluding carboxylic acids is 1. The molecule has 114 valence electrons. The number of aromatic nitrogens is 2. The van der Waals surface area contributed by atoms with E-state index in [1.165, 1.54) is 12.3 Å². The van der Waals surface area contributed by atoms with Crippen LogP contribution in [0.5, 0.6) is 5.75 Å². The minimum atomic E-state index is -0.459. The van der Waals surface area contributed by atoms with Crippen molar-refractivity contribution >= 4 is 40.8 Å². The van der Waals surface area contributed by atoms with Crippen molar-refractivity contribution in [3.63, 3.8) is 0 Å². The Morgan fingerprint density at radius 2 is 2.05 bits per heavy atom. The van der Waals surface area contributed by atoms with Gasteiger partial charge in [0.15, 0.2) is 11.6 Å². The summed E-state index contributed by atoms with van der Waals surface area (Å²) in [6.45, 7) is 0. The van der Waals surface area contributed by atoms with E-state index in [0.717, 1.165) is 10.9 Å². The van der Waals surface area contributed by atoms with E-state index in [0.29, 0.717) is 5.69 Å². The molecular weight excluding hydrogens is 304 g/mol. The summed E-state index contributed by atoms with van der Waals surface area (Å²) in [5.41, 5.74) is 1.75. The number of anilines is 2. The average Bonchev–Trinajstić information content (AvgIpc) is 2.82. The molecule has 0 radical (unpaired) electrons. The van der Waals surface area contributed by atoms with Crippen LogP contribution in [0, 0.1) is 0 Å². The maximum absolute atomic E-state index is 11.9. The van der Waals surface area contributed by atoms with Crippen LogP contribution < -0.4 is 10.6 Å². The van der Waals surface area contributed by atoms with Crippen LogP contribution in [0.4, 0.5) is 16.3 Å². The Labute approximate surface area is 133 Å². The van der Waals surface area contributed by atoms with E-state index < -0.39 is 6.03 Å². The van der Waals surface area contributed by atoms with E-state index in [9.17, 15) is 9.90 Å². The van der Waals surface area contributed by atoms with Crippen LogP contribution in [0.1, 0.15) is 0 Å². The summed E-state index contributed by atoms with van der Waals surface area (Å²) in [5.74, 6) is 0.0435. The Hall–Kier alpha value is -2.73. The minimum absolute atomic E-state index is 0. The van der Waals surface area contributed by atoms with Gasteiger partial charge in [-0.2, -0.15) is 0 Å². The number of amides is 2. The summed E-state index contributed by atoms with van der Waals surface area (Å²) >= 11 is 0. The highest BCUT2D eigenvalue weighted by Gasteiger charge is 2.08. The Kier molecular flexibility index (Phi) is 4.53. The number of hydrogen-bond donors (Lipinski definition) is 3. The molecule has 0 fully saturated rings. The zero-order valence-electron chi connectivity index (χ0n) is 11.8. The lowest BCUT2D eigenvalue weighted by Gasteiger charge is -2.08. The first-order valence-corrected chi connectivity index (χ1v) is 6.40. The van der Waals surface area contributed by atoms with Crippen LogP contribution in [0.15, 0.2) is 48.8 Å². The summed E-state index contributed by atoms with van der Waals surface area (Å²) < 4.78 is 2.01. The summed E-state index contributed by atoms with van der Waals surface area (Å²) in [5, 5.41) is 15.8. The van der Waals surface area contributed by atoms with Gasteiger partial charge >= 0.3 is 6.03 Å². The number of benzene rings is 1. The third-order valence-electron chi connectivity index (χ3n) is 3.16. The van der Waals surface area contributed by atoms with Crippen LogP contribution in [-0.2, 0) is 7.05 Å². The lowest BCUT2D eigenvalue weighted by atomic mass is 10.2. The first kappa shape index (κ1) is 15.7. The van der Waals surface area contributed by atoms with Crippen molar-refractivity contribution in [1.82, 2.24) is 9.55 Å². The Balaban J connectivity index is 0.00000176. The highest BCUT2D eigenvalue weighted by molar-refractivity contribution is 6.01. The molecule has 0 unspecified atom stereocenters. The van der Waals surface area contributed by atoms with Crippen molar-refractivity contribution in [1.29, 1.82) is 0 Å². The van der Waals surface area contributed by atoms with Gasteiger partial charge < -0.3 is 15.0 Å². The zero-order chi connectivity index (χ0) is 14.8. The van der Waals surface area contributed by atoms with Gasteiger partial charge in [0, 0.05) is 36.0 Å². The number of hydrogen-bond acceptors (Lipinski definition) is 3. The number of carbonyl (C=O) groups is 1. The number of rotatable bonds is 2. The molecule has 7 heteroatoms. The Morgan fingerprint density at radius 3 is 2.82 bits per heavy atom. The first-order valence-electron chi connectivity index (χ1n) is 6.40. The largest absolute Gasteiger partial charge is 0.504 e. The summed E-state index contributed by atoms with van der Waals surface area (Å²) in [6.07, 6.45) is 3.45. The quantitative estimate of drug-likeness (QED) is 0.678. The molecule has 3 aromatic rings. The summed E-state index contributed by atoms with van der Waals surface area (Å²) in [7, 11) is 1.96. The second-order valence-electron chi connectivity index (χ2n) is 4.65. The molecule has 0 saturated heterocycles. The van der Waals surface area contributed by atoms with Gasteiger partial charge in [-0.1, -0.05) is 0 Å². The van der Waals surface area contributed by atoms with E-state index in [1.54, 1.807) is 6.07 Å². The summed E-state index contributed by atoms with van der Waals surface area (Å²) in [4.78, 5) is 15.8. The van der Waals surface area contributed by atoms with Gasteiger partial charge in [0.2, 0.25) is 0 Å². The molecule has 3 N–H and O–H groups in total.